The third kappa shape index (κ3) is 4.63. The quantitative estimate of drug-likeness (QED) is 0.260. The van der Waals surface area contributed by atoms with Crippen molar-refractivity contribution in [1.29, 1.82) is 0 Å². The molecule has 7 nitrogen and oxygen atoms in total. The Morgan fingerprint density at radius 2 is 1.68 bits per heavy atom. The summed E-state index contributed by atoms with van der Waals surface area (Å²) < 4.78 is 35.8. The lowest BCUT2D eigenvalue weighted by molar-refractivity contribution is 0.0926. The van der Waals surface area contributed by atoms with Gasteiger partial charge in [0.15, 0.2) is 5.82 Å². The van der Waals surface area contributed by atoms with Gasteiger partial charge in [0.2, 0.25) is 0 Å². The predicted molar refractivity (Wildman–Crippen MR) is 150 cm³/mol. The zero-order valence-corrected chi connectivity index (χ0v) is 22.6. The maximum absolute atomic E-state index is 16.3. The average molecular weight is 553 g/mol. The summed E-state index contributed by atoms with van der Waals surface area (Å²) in [7, 11) is 1.44. The van der Waals surface area contributed by atoms with E-state index < -0.39 is 23.1 Å². The van der Waals surface area contributed by atoms with Crippen molar-refractivity contribution in [2.75, 3.05) is 7.05 Å². The molecule has 5 aromatic rings. The SMILES string of the molecule is CNC(=O)c1c(-c2ccc(F)cc2)oc2ccc(-c3cc(C(=O)NC4(c5nccc(C)n5)CC4)ccc3C)c(F)c12. The lowest BCUT2D eigenvalue weighted by Gasteiger charge is -2.17. The minimum atomic E-state index is -0.661. The van der Waals surface area contributed by atoms with E-state index in [1.165, 1.54) is 31.3 Å². The maximum Gasteiger partial charge on any atom is 0.255 e. The number of amides is 2. The topological polar surface area (TPSA) is 97.1 Å². The molecule has 0 unspecified atom stereocenters. The van der Waals surface area contributed by atoms with Crippen LogP contribution < -0.4 is 10.6 Å². The number of nitrogens with one attached hydrogen (secondary N) is 2. The van der Waals surface area contributed by atoms with Gasteiger partial charge in [-0.25, -0.2) is 18.7 Å². The minimum absolute atomic E-state index is 0.00367. The van der Waals surface area contributed by atoms with Crippen molar-refractivity contribution >= 4 is 22.8 Å². The minimum Gasteiger partial charge on any atom is -0.455 e. The Balaban J connectivity index is 1.42. The number of halogens is 2. The molecule has 0 radical (unpaired) electrons. The van der Waals surface area contributed by atoms with E-state index in [1.807, 2.05) is 13.8 Å². The molecule has 3 aromatic carbocycles. The van der Waals surface area contributed by atoms with E-state index in [9.17, 15) is 14.0 Å². The van der Waals surface area contributed by atoms with Crippen LogP contribution in [0.15, 0.2) is 71.3 Å². The fourth-order valence-electron chi connectivity index (χ4n) is 5.06. The van der Waals surface area contributed by atoms with E-state index in [0.29, 0.717) is 22.5 Å². The second-order valence-electron chi connectivity index (χ2n) is 10.3. The lowest BCUT2D eigenvalue weighted by Crippen LogP contribution is -2.36. The Morgan fingerprint density at radius 3 is 2.37 bits per heavy atom. The summed E-state index contributed by atoms with van der Waals surface area (Å²) in [5, 5.41) is 5.62. The molecule has 41 heavy (non-hydrogen) atoms. The van der Waals surface area contributed by atoms with Crippen LogP contribution in [0.1, 0.15) is 50.6 Å². The third-order valence-electron chi connectivity index (χ3n) is 7.47. The Kier molecular flexibility index (Phi) is 6.37. The van der Waals surface area contributed by atoms with Gasteiger partial charge in [0.25, 0.3) is 11.8 Å². The van der Waals surface area contributed by atoms with Gasteiger partial charge in [-0.15, -0.1) is 0 Å². The van der Waals surface area contributed by atoms with Crippen LogP contribution in [-0.4, -0.2) is 28.8 Å². The van der Waals surface area contributed by atoms with Gasteiger partial charge in [-0.2, -0.15) is 0 Å². The molecule has 9 heteroatoms. The highest BCUT2D eigenvalue weighted by molar-refractivity contribution is 6.12. The van der Waals surface area contributed by atoms with Crippen molar-refractivity contribution in [3.63, 3.8) is 0 Å². The first-order valence-corrected chi connectivity index (χ1v) is 13.2. The van der Waals surface area contributed by atoms with Crippen LogP contribution in [0.3, 0.4) is 0 Å². The highest BCUT2D eigenvalue weighted by atomic mass is 19.1. The van der Waals surface area contributed by atoms with Crippen molar-refractivity contribution in [2.24, 2.45) is 0 Å². The highest BCUT2D eigenvalue weighted by Crippen LogP contribution is 2.44. The summed E-state index contributed by atoms with van der Waals surface area (Å²) in [4.78, 5) is 35.2. The summed E-state index contributed by atoms with van der Waals surface area (Å²) in [6, 6.07) is 15.5. The molecule has 2 amide bonds. The molecule has 1 aliphatic rings. The Bertz CT molecular complexity index is 1840. The fraction of sp³-hybridized carbons (Fsp3) is 0.188. The number of furan rings is 1. The highest BCUT2D eigenvalue weighted by Gasteiger charge is 2.48. The second kappa shape index (κ2) is 9.92. The van der Waals surface area contributed by atoms with Gasteiger partial charge in [0, 0.05) is 35.6 Å². The van der Waals surface area contributed by atoms with E-state index in [-0.39, 0.29) is 33.8 Å². The smallest absolute Gasteiger partial charge is 0.255 e. The average Bonchev–Trinajstić information content (AvgIpc) is 3.64. The van der Waals surface area contributed by atoms with Gasteiger partial charge in [0.1, 0.15) is 28.5 Å². The number of carbonyl (C=O) groups is 2. The van der Waals surface area contributed by atoms with Crippen LogP contribution in [0.4, 0.5) is 8.78 Å². The molecular formula is C32H26F2N4O3. The number of hydrogen-bond acceptors (Lipinski definition) is 5. The number of rotatable bonds is 6. The van der Waals surface area contributed by atoms with Crippen molar-refractivity contribution in [2.45, 2.75) is 32.2 Å². The molecule has 1 fully saturated rings. The molecule has 0 saturated heterocycles. The molecule has 0 bridgehead atoms. The van der Waals surface area contributed by atoms with Gasteiger partial charge in [0.05, 0.1) is 10.9 Å². The first-order valence-electron chi connectivity index (χ1n) is 13.2. The number of aromatic nitrogens is 2. The molecule has 2 N–H and O–H groups in total. The summed E-state index contributed by atoms with van der Waals surface area (Å²) >= 11 is 0. The normalized spacial score (nSPS) is 13.7. The third-order valence-corrected chi connectivity index (χ3v) is 7.47. The predicted octanol–water partition coefficient (Wildman–Crippen LogP) is 6.23. The molecule has 0 aliphatic heterocycles. The number of benzene rings is 3. The summed E-state index contributed by atoms with van der Waals surface area (Å²) in [5.41, 5.74) is 2.62. The van der Waals surface area contributed by atoms with E-state index in [2.05, 4.69) is 20.6 Å². The van der Waals surface area contributed by atoms with Gasteiger partial charge < -0.3 is 15.1 Å². The second-order valence-corrected chi connectivity index (χ2v) is 10.3. The van der Waals surface area contributed by atoms with Crippen molar-refractivity contribution in [3.05, 3.63) is 107 Å². The lowest BCUT2D eigenvalue weighted by atomic mass is 9.94. The fourth-order valence-corrected chi connectivity index (χ4v) is 5.06. The largest absolute Gasteiger partial charge is 0.455 e. The Morgan fingerprint density at radius 1 is 0.927 bits per heavy atom. The molecule has 206 valence electrons. The van der Waals surface area contributed by atoms with Gasteiger partial charge in [-0.05, 0) is 92.4 Å². The molecule has 1 saturated carbocycles. The number of carbonyl (C=O) groups excluding carboxylic acids is 2. The van der Waals surface area contributed by atoms with Gasteiger partial charge in [-0.1, -0.05) is 6.07 Å². The number of hydrogen-bond donors (Lipinski definition) is 2. The van der Waals surface area contributed by atoms with Crippen LogP contribution in [0.25, 0.3) is 33.4 Å². The molecule has 0 atom stereocenters. The van der Waals surface area contributed by atoms with E-state index >= 15 is 4.39 Å². The maximum atomic E-state index is 16.3. The monoisotopic (exact) mass is 552 g/mol. The molecule has 6 rings (SSSR count). The number of fused-ring (bicyclic) bond motifs is 1. The van der Waals surface area contributed by atoms with E-state index in [1.54, 1.807) is 42.6 Å². The van der Waals surface area contributed by atoms with Crippen molar-refractivity contribution in [3.8, 4) is 22.5 Å². The van der Waals surface area contributed by atoms with Crippen molar-refractivity contribution in [1.82, 2.24) is 20.6 Å². The van der Waals surface area contributed by atoms with Gasteiger partial charge in [-0.3, -0.25) is 9.59 Å². The van der Waals surface area contributed by atoms with Crippen LogP contribution in [0.5, 0.6) is 0 Å². The number of nitrogens with zero attached hydrogens (tertiary/aromatic N) is 2. The van der Waals surface area contributed by atoms with Crippen molar-refractivity contribution < 1.29 is 22.8 Å². The van der Waals surface area contributed by atoms with Crippen LogP contribution in [0, 0.1) is 25.5 Å². The number of aryl methyl sites for hydroxylation is 2. The first-order chi connectivity index (χ1) is 19.7. The zero-order valence-electron chi connectivity index (χ0n) is 22.6. The Hall–Kier alpha value is -4.92. The van der Waals surface area contributed by atoms with Crippen LogP contribution >= 0.6 is 0 Å². The standard InChI is InChI=1S/C32H26F2N4O3/c1-17-4-5-20(29(39)38-32(13-14-32)31-36-15-12-18(2)37-31)16-23(17)22-10-11-24-25(27(22)34)26(30(40)35-3)28(41-24)19-6-8-21(33)9-7-19/h4-12,15-16H,13-14H2,1-3H3,(H,35,40)(H,38,39). The first kappa shape index (κ1) is 26.3. The van der Waals surface area contributed by atoms with E-state index in [0.717, 1.165) is 24.1 Å². The summed E-state index contributed by atoms with van der Waals surface area (Å²) in [5.74, 6) is -1.26. The van der Waals surface area contributed by atoms with Crippen LogP contribution in [-0.2, 0) is 5.54 Å². The summed E-state index contributed by atoms with van der Waals surface area (Å²) in [6.45, 7) is 3.70. The molecule has 2 heterocycles. The molecule has 2 aromatic heterocycles. The summed E-state index contributed by atoms with van der Waals surface area (Å²) in [6.07, 6.45) is 3.13. The van der Waals surface area contributed by atoms with Crippen LogP contribution in [0.2, 0.25) is 0 Å². The zero-order chi connectivity index (χ0) is 28.9. The molecule has 1 aliphatic carbocycles. The molecular weight excluding hydrogens is 526 g/mol. The molecule has 0 spiro atoms. The van der Waals surface area contributed by atoms with Gasteiger partial charge >= 0.3 is 0 Å². The van der Waals surface area contributed by atoms with E-state index in [4.69, 9.17) is 4.42 Å². The Labute approximate surface area is 234 Å².